The fourth-order valence-electron chi connectivity index (χ4n) is 2.38. The monoisotopic (exact) mass is 278 g/mol. The molecule has 5 nitrogen and oxygen atoms in total. The van der Waals surface area contributed by atoms with Gasteiger partial charge in [0.25, 0.3) is 0 Å². The molecule has 110 valence electrons. The first kappa shape index (κ1) is 14.7. The Morgan fingerprint density at radius 2 is 2.15 bits per heavy atom. The molecule has 0 atom stereocenters. The fourth-order valence-corrected chi connectivity index (χ4v) is 2.38. The standard InChI is InChI=1S/C15H22N2O3/c1-4-20-13-7-12(8-13)17-14-9-11(16-10(2)18)5-6-15(14)19-3/h5-6,9,12-13,17H,4,7-8H2,1-3H3,(H,16,18). The molecule has 0 radical (unpaired) electrons. The Labute approximate surface area is 119 Å². The largest absolute Gasteiger partial charge is 0.495 e. The van der Waals surface area contributed by atoms with E-state index in [4.69, 9.17) is 9.47 Å². The van der Waals surface area contributed by atoms with Gasteiger partial charge in [0.15, 0.2) is 0 Å². The van der Waals surface area contributed by atoms with Gasteiger partial charge in [-0.3, -0.25) is 4.79 Å². The van der Waals surface area contributed by atoms with Gasteiger partial charge in [-0.15, -0.1) is 0 Å². The van der Waals surface area contributed by atoms with Crippen molar-refractivity contribution in [3.8, 4) is 5.75 Å². The van der Waals surface area contributed by atoms with E-state index in [-0.39, 0.29) is 5.91 Å². The molecule has 1 aromatic rings. The topological polar surface area (TPSA) is 59.6 Å². The van der Waals surface area contributed by atoms with Gasteiger partial charge in [0.1, 0.15) is 5.75 Å². The maximum atomic E-state index is 11.1. The van der Waals surface area contributed by atoms with E-state index in [2.05, 4.69) is 10.6 Å². The first-order chi connectivity index (χ1) is 9.62. The lowest BCUT2D eigenvalue weighted by Crippen LogP contribution is -2.40. The van der Waals surface area contributed by atoms with E-state index in [9.17, 15) is 4.79 Å². The van der Waals surface area contributed by atoms with Gasteiger partial charge in [0.05, 0.1) is 18.9 Å². The maximum absolute atomic E-state index is 11.1. The van der Waals surface area contributed by atoms with Crippen LogP contribution in [0.2, 0.25) is 0 Å². The number of hydrogen-bond acceptors (Lipinski definition) is 4. The molecule has 0 aromatic heterocycles. The SMILES string of the molecule is CCOC1CC(Nc2cc(NC(C)=O)ccc2OC)C1. The van der Waals surface area contributed by atoms with Crippen LogP contribution in [0.5, 0.6) is 5.75 Å². The molecule has 0 aliphatic heterocycles. The van der Waals surface area contributed by atoms with Crippen LogP contribution in [-0.4, -0.2) is 31.8 Å². The van der Waals surface area contributed by atoms with Crippen LogP contribution in [0, 0.1) is 0 Å². The van der Waals surface area contributed by atoms with Crippen LogP contribution in [-0.2, 0) is 9.53 Å². The normalized spacial score (nSPS) is 20.9. The van der Waals surface area contributed by atoms with Gasteiger partial charge >= 0.3 is 0 Å². The summed E-state index contributed by atoms with van der Waals surface area (Å²) in [6.07, 6.45) is 2.37. The third-order valence-electron chi connectivity index (χ3n) is 3.38. The number of nitrogens with one attached hydrogen (secondary N) is 2. The molecule has 1 amide bonds. The van der Waals surface area contributed by atoms with E-state index in [1.165, 1.54) is 6.92 Å². The summed E-state index contributed by atoms with van der Waals surface area (Å²) < 4.78 is 10.9. The highest BCUT2D eigenvalue weighted by molar-refractivity contribution is 5.89. The lowest BCUT2D eigenvalue weighted by molar-refractivity contribution is -0.114. The smallest absolute Gasteiger partial charge is 0.221 e. The minimum absolute atomic E-state index is 0.0822. The Hall–Kier alpha value is -1.75. The molecule has 1 aromatic carbocycles. The summed E-state index contributed by atoms with van der Waals surface area (Å²) in [7, 11) is 1.64. The molecular weight excluding hydrogens is 256 g/mol. The van der Waals surface area contributed by atoms with Crippen LogP contribution >= 0.6 is 0 Å². The number of methoxy groups -OCH3 is 1. The molecule has 5 heteroatoms. The predicted octanol–water partition coefficient (Wildman–Crippen LogP) is 2.63. The Morgan fingerprint density at radius 1 is 1.40 bits per heavy atom. The van der Waals surface area contributed by atoms with E-state index in [1.54, 1.807) is 7.11 Å². The molecule has 0 spiro atoms. The molecular formula is C15H22N2O3. The fraction of sp³-hybridized carbons (Fsp3) is 0.533. The highest BCUT2D eigenvalue weighted by Crippen LogP contribution is 2.33. The Bertz CT molecular complexity index is 470. The zero-order chi connectivity index (χ0) is 14.5. The number of benzene rings is 1. The van der Waals surface area contributed by atoms with Gasteiger partial charge in [0.2, 0.25) is 5.91 Å². The average Bonchev–Trinajstić information content (AvgIpc) is 2.36. The summed E-state index contributed by atoms with van der Waals surface area (Å²) in [5.41, 5.74) is 1.67. The van der Waals surface area contributed by atoms with E-state index < -0.39 is 0 Å². The van der Waals surface area contributed by atoms with Gasteiger partial charge in [-0.2, -0.15) is 0 Å². The second kappa shape index (κ2) is 6.61. The molecule has 1 fully saturated rings. The van der Waals surface area contributed by atoms with Crippen molar-refractivity contribution in [1.29, 1.82) is 0 Å². The minimum atomic E-state index is -0.0822. The number of rotatable bonds is 6. The van der Waals surface area contributed by atoms with Crippen LogP contribution in [0.4, 0.5) is 11.4 Å². The summed E-state index contributed by atoms with van der Waals surface area (Å²) in [5, 5.41) is 6.22. The van der Waals surface area contributed by atoms with Crippen molar-refractivity contribution in [3.05, 3.63) is 18.2 Å². The molecule has 0 unspecified atom stereocenters. The molecule has 2 rings (SSSR count). The van der Waals surface area contributed by atoms with E-state index in [0.717, 1.165) is 36.6 Å². The van der Waals surface area contributed by atoms with Crippen LogP contribution in [0.25, 0.3) is 0 Å². The lowest BCUT2D eigenvalue weighted by Gasteiger charge is -2.36. The lowest BCUT2D eigenvalue weighted by atomic mass is 9.89. The highest BCUT2D eigenvalue weighted by Gasteiger charge is 2.29. The summed E-state index contributed by atoms with van der Waals surface area (Å²) in [5.74, 6) is 0.695. The molecule has 0 bridgehead atoms. The van der Waals surface area contributed by atoms with E-state index >= 15 is 0 Å². The summed E-state index contributed by atoms with van der Waals surface area (Å²) >= 11 is 0. The molecule has 20 heavy (non-hydrogen) atoms. The van der Waals surface area contributed by atoms with E-state index in [1.807, 2.05) is 25.1 Å². The third-order valence-corrected chi connectivity index (χ3v) is 3.38. The summed E-state index contributed by atoms with van der Waals surface area (Å²) in [6.45, 7) is 4.27. The van der Waals surface area contributed by atoms with Crippen LogP contribution in [0.3, 0.4) is 0 Å². The van der Waals surface area contributed by atoms with Crippen molar-refractivity contribution in [3.63, 3.8) is 0 Å². The van der Waals surface area contributed by atoms with Gasteiger partial charge in [-0.1, -0.05) is 0 Å². The predicted molar refractivity (Wildman–Crippen MR) is 79.4 cm³/mol. The molecule has 1 saturated carbocycles. The number of hydrogen-bond donors (Lipinski definition) is 2. The molecule has 2 N–H and O–H groups in total. The van der Waals surface area contributed by atoms with Crippen LogP contribution in [0.1, 0.15) is 26.7 Å². The minimum Gasteiger partial charge on any atom is -0.495 e. The van der Waals surface area contributed by atoms with Crippen molar-refractivity contribution >= 4 is 17.3 Å². The van der Waals surface area contributed by atoms with Crippen molar-refractivity contribution in [1.82, 2.24) is 0 Å². The number of ether oxygens (including phenoxy) is 2. The van der Waals surface area contributed by atoms with Crippen LogP contribution in [0.15, 0.2) is 18.2 Å². The Kier molecular flexibility index (Phi) is 4.84. The van der Waals surface area contributed by atoms with Crippen LogP contribution < -0.4 is 15.4 Å². The van der Waals surface area contributed by atoms with Gasteiger partial charge in [-0.05, 0) is 38.0 Å². The van der Waals surface area contributed by atoms with Crippen molar-refractivity contribution in [2.75, 3.05) is 24.4 Å². The van der Waals surface area contributed by atoms with Crippen molar-refractivity contribution < 1.29 is 14.3 Å². The van der Waals surface area contributed by atoms with Gasteiger partial charge in [0, 0.05) is 25.3 Å². The Balaban J connectivity index is 2.00. The summed E-state index contributed by atoms with van der Waals surface area (Å²) in [6, 6.07) is 5.98. The number of anilines is 2. The van der Waals surface area contributed by atoms with Crippen molar-refractivity contribution in [2.24, 2.45) is 0 Å². The highest BCUT2D eigenvalue weighted by atomic mass is 16.5. The zero-order valence-electron chi connectivity index (χ0n) is 12.2. The average molecular weight is 278 g/mol. The quantitative estimate of drug-likeness (QED) is 0.840. The van der Waals surface area contributed by atoms with Gasteiger partial charge < -0.3 is 20.1 Å². The molecule has 1 aliphatic carbocycles. The summed E-state index contributed by atoms with van der Waals surface area (Å²) in [4.78, 5) is 11.1. The van der Waals surface area contributed by atoms with Crippen molar-refractivity contribution in [2.45, 2.75) is 38.8 Å². The number of carbonyl (C=O) groups excluding carboxylic acids is 1. The Morgan fingerprint density at radius 3 is 2.75 bits per heavy atom. The number of amides is 1. The third kappa shape index (κ3) is 3.63. The first-order valence-corrected chi connectivity index (χ1v) is 6.96. The second-order valence-electron chi connectivity index (χ2n) is 4.99. The number of carbonyl (C=O) groups is 1. The van der Waals surface area contributed by atoms with Gasteiger partial charge in [-0.25, -0.2) is 0 Å². The molecule has 1 aliphatic rings. The zero-order valence-corrected chi connectivity index (χ0v) is 12.2. The van der Waals surface area contributed by atoms with E-state index in [0.29, 0.717) is 12.1 Å². The maximum Gasteiger partial charge on any atom is 0.221 e. The first-order valence-electron chi connectivity index (χ1n) is 6.96. The second-order valence-corrected chi connectivity index (χ2v) is 4.99. The molecule has 0 heterocycles. The molecule has 0 saturated heterocycles.